The van der Waals surface area contributed by atoms with Gasteiger partial charge in [0.05, 0.1) is 31.5 Å². The summed E-state index contributed by atoms with van der Waals surface area (Å²) in [6, 6.07) is 5.89. The number of aromatic amines is 1. The standard InChI is InChI=1S/C19H22N2O4/c1-4-8-25-12-6-7-15-13(9-12)17-14(11-23-3)18(19(22)24-5-2)20-10-16(17)21-15/h6-7,9-10,21H,4-5,8,11H2,1-3H3. The van der Waals surface area contributed by atoms with Gasteiger partial charge in [-0.25, -0.2) is 9.78 Å². The summed E-state index contributed by atoms with van der Waals surface area (Å²) in [7, 11) is 1.60. The fraction of sp³-hybridized carbons (Fsp3) is 0.368. The highest BCUT2D eigenvalue weighted by atomic mass is 16.5. The fourth-order valence-electron chi connectivity index (χ4n) is 2.91. The Kier molecular flexibility index (Phi) is 5.19. The molecule has 1 N–H and O–H groups in total. The summed E-state index contributed by atoms with van der Waals surface area (Å²) in [5, 5.41) is 1.89. The third kappa shape index (κ3) is 3.30. The Labute approximate surface area is 146 Å². The quantitative estimate of drug-likeness (QED) is 0.661. The van der Waals surface area contributed by atoms with Crippen LogP contribution in [0.2, 0.25) is 0 Å². The zero-order valence-electron chi connectivity index (χ0n) is 14.7. The minimum absolute atomic E-state index is 0.269. The van der Waals surface area contributed by atoms with Gasteiger partial charge in [0.15, 0.2) is 5.69 Å². The number of nitrogens with zero attached hydrogens (tertiary/aromatic N) is 1. The lowest BCUT2D eigenvalue weighted by Gasteiger charge is -2.09. The maximum Gasteiger partial charge on any atom is 0.357 e. The van der Waals surface area contributed by atoms with Crippen molar-refractivity contribution in [2.45, 2.75) is 26.9 Å². The number of carbonyl (C=O) groups excluding carboxylic acids is 1. The van der Waals surface area contributed by atoms with Crippen molar-refractivity contribution in [1.29, 1.82) is 0 Å². The molecule has 6 nitrogen and oxygen atoms in total. The largest absolute Gasteiger partial charge is 0.494 e. The Morgan fingerprint density at radius 3 is 2.80 bits per heavy atom. The molecule has 25 heavy (non-hydrogen) atoms. The molecule has 0 spiro atoms. The van der Waals surface area contributed by atoms with Crippen molar-refractivity contribution in [3.05, 3.63) is 35.7 Å². The number of pyridine rings is 1. The first-order chi connectivity index (χ1) is 12.2. The number of H-pyrrole nitrogens is 1. The molecule has 0 aliphatic heterocycles. The highest BCUT2D eigenvalue weighted by molar-refractivity contribution is 6.11. The van der Waals surface area contributed by atoms with E-state index in [0.29, 0.717) is 13.2 Å². The molecule has 1 aromatic carbocycles. The van der Waals surface area contributed by atoms with E-state index in [1.807, 2.05) is 18.2 Å². The molecular weight excluding hydrogens is 320 g/mol. The number of rotatable bonds is 7. The lowest BCUT2D eigenvalue weighted by Crippen LogP contribution is -2.11. The van der Waals surface area contributed by atoms with Crippen LogP contribution in [0.5, 0.6) is 5.75 Å². The molecule has 2 heterocycles. The lowest BCUT2D eigenvalue weighted by molar-refractivity contribution is 0.0514. The predicted molar refractivity (Wildman–Crippen MR) is 96.1 cm³/mol. The number of hydrogen-bond donors (Lipinski definition) is 1. The van der Waals surface area contributed by atoms with E-state index in [0.717, 1.165) is 39.5 Å². The molecule has 0 unspecified atom stereocenters. The Balaban J connectivity index is 2.22. The topological polar surface area (TPSA) is 73.4 Å². The molecule has 0 bridgehead atoms. The average Bonchev–Trinajstić information content (AvgIpc) is 2.98. The summed E-state index contributed by atoms with van der Waals surface area (Å²) in [6.45, 7) is 5.07. The number of nitrogens with one attached hydrogen (secondary N) is 1. The van der Waals surface area contributed by atoms with Gasteiger partial charge in [0.2, 0.25) is 0 Å². The van der Waals surface area contributed by atoms with Crippen molar-refractivity contribution < 1.29 is 19.0 Å². The molecular formula is C19H22N2O4. The Bertz CT molecular complexity index is 901. The van der Waals surface area contributed by atoms with Gasteiger partial charge in [0.25, 0.3) is 0 Å². The molecule has 0 radical (unpaired) electrons. The minimum atomic E-state index is -0.441. The van der Waals surface area contributed by atoms with Gasteiger partial charge in [-0.15, -0.1) is 0 Å². The van der Waals surface area contributed by atoms with Crippen molar-refractivity contribution in [1.82, 2.24) is 9.97 Å². The Hall–Kier alpha value is -2.60. The number of benzene rings is 1. The van der Waals surface area contributed by atoms with Crippen molar-refractivity contribution in [2.24, 2.45) is 0 Å². The number of ether oxygens (including phenoxy) is 3. The second kappa shape index (κ2) is 7.53. The summed E-state index contributed by atoms with van der Waals surface area (Å²) in [6.07, 6.45) is 2.60. The predicted octanol–water partition coefficient (Wildman–Crippen LogP) is 3.83. The van der Waals surface area contributed by atoms with Gasteiger partial charge in [-0.1, -0.05) is 6.92 Å². The summed E-state index contributed by atoms with van der Waals surface area (Å²) < 4.78 is 16.2. The Morgan fingerprint density at radius 1 is 1.24 bits per heavy atom. The molecule has 3 rings (SSSR count). The van der Waals surface area contributed by atoms with Crippen molar-refractivity contribution in [2.75, 3.05) is 20.3 Å². The van der Waals surface area contributed by atoms with Crippen LogP contribution < -0.4 is 4.74 Å². The van der Waals surface area contributed by atoms with Crippen LogP contribution in [0.4, 0.5) is 0 Å². The van der Waals surface area contributed by atoms with E-state index >= 15 is 0 Å². The van der Waals surface area contributed by atoms with Gasteiger partial charge >= 0.3 is 5.97 Å². The number of fused-ring (bicyclic) bond motifs is 3. The molecule has 6 heteroatoms. The lowest BCUT2D eigenvalue weighted by atomic mass is 10.1. The fourth-order valence-corrected chi connectivity index (χ4v) is 2.91. The molecule has 0 fully saturated rings. The van der Waals surface area contributed by atoms with Crippen LogP contribution in [0.3, 0.4) is 0 Å². The first-order valence-electron chi connectivity index (χ1n) is 8.41. The van der Waals surface area contributed by atoms with E-state index in [2.05, 4.69) is 16.9 Å². The highest BCUT2D eigenvalue weighted by Gasteiger charge is 2.20. The minimum Gasteiger partial charge on any atom is -0.494 e. The van der Waals surface area contributed by atoms with Crippen LogP contribution in [-0.2, 0) is 16.1 Å². The van der Waals surface area contributed by atoms with Crippen LogP contribution in [0.1, 0.15) is 36.3 Å². The van der Waals surface area contributed by atoms with E-state index in [9.17, 15) is 4.79 Å². The van der Waals surface area contributed by atoms with Crippen molar-refractivity contribution in [3.63, 3.8) is 0 Å². The molecule has 0 aliphatic carbocycles. The van der Waals surface area contributed by atoms with E-state index < -0.39 is 5.97 Å². The van der Waals surface area contributed by atoms with Crippen LogP contribution >= 0.6 is 0 Å². The second-order valence-electron chi connectivity index (χ2n) is 5.71. The molecule has 0 amide bonds. The number of carbonyl (C=O) groups is 1. The number of esters is 1. The van der Waals surface area contributed by atoms with Crippen LogP contribution in [0.15, 0.2) is 24.4 Å². The smallest absolute Gasteiger partial charge is 0.357 e. The average molecular weight is 342 g/mol. The van der Waals surface area contributed by atoms with Gasteiger partial charge in [-0.3, -0.25) is 0 Å². The van der Waals surface area contributed by atoms with Gasteiger partial charge in [-0.05, 0) is 31.5 Å². The van der Waals surface area contributed by atoms with E-state index in [-0.39, 0.29) is 12.3 Å². The third-order valence-electron chi connectivity index (χ3n) is 3.94. The first kappa shape index (κ1) is 17.2. The maximum atomic E-state index is 12.3. The van der Waals surface area contributed by atoms with Crippen molar-refractivity contribution >= 4 is 27.8 Å². The van der Waals surface area contributed by atoms with Crippen LogP contribution in [0, 0.1) is 0 Å². The number of methoxy groups -OCH3 is 1. The summed E-state index contributed by atoms with van der Waals surface area (Å²) in [5.41, 5.74) is 2.82. The maximum absolute atomic E-state index is 12.3. The van der Waals surface area contributed by atoms with E-state index in [1.54, 1.807) is 20.2 Å². The molecule has 0 saturated carbocycles. The first-order valence-corrected chi connectivity index (χ1v) is 8.41. The summed E-state index contributed by atoms with van der Waals surface area (Å²) in [4.78, 5) is 19.9. The molecule has 0 atom stereocenters. The number of aromatic nitrogens is 2. The Morgan fingerprint density at radius 2 is 2.08 bits per heavy atom. The zero-order chi connectivity index (χ0) is 17.8. The summed E-state index contributed by atoms with van der Waals surface area (Å²) >= 11 is 0. The molecule has 0 saturated heterocycles. The molecule has 2 aromatic heterocycles. The summed E-state index contributed by atoms with van der Waals surface area (Å²) in [5.74, 6) is 0.359. The third-order valence-corrected chi connectivity index (χ3v) is 3.94. The monoisotopic (exact) mass is 342 g/mol. The molecule has 3 aromatic rings. The van der Waals surface area contributed by atoms with Crippen LogP contribution in [0.25, 0.3) is 21.8 Å². The van der Waals surface area contributed by atoms with E-state index in [1.165, 1.54) is 0 Å². The van der Waals surface area contributed by atoms with Gasteiger partial charge in [0.1, 0.15) is 5.75 Å². The number of hydrogen-bond acceptors (Lipinski definition) is 5. The normalized spacial score (nSPS) is 11.2. The van der Waals surface area contributed by atoms with Gasteiger partial charge in [0, 0.05) is 29.0 Å². The second-order valence-corrected chi connectivity index (χ2v) is 5.71. The SMILES string of the molecule is CCCOc1ccc2[nH]c3cnc(C(=O)OCC)c(COC)c3c2c1. The van der Waals surface area contributed by atoms with Crippen molar-refractivity contribution in [3.8, 4) is 5.75 Å². The van der Waals surface area contributed by atoms with E-state index in [4.69, 9.17) is 14.2 Å². The van der Waals surface area contributed by atoms with Crippen LogP contribution in [-0.4, -0.2) is 36.3 Å². The molecule has 132 valence electrons. The van der Waals surface area contributed by atoms with Gasteiger partial charge < -0.3 is 19.2 Å². The zero-order valence-corrected chi connectivity index (χ0v) is 14.7. The molecule has 0 aliphatic rings. The van der Waals surface area contributed by atoms with Gasteiger partial charge in [-0.2, -0.15) is 0 Å². The highest BCUT2D eigenvalue weighted by Crippen LogP contribution is 2.32.